The molecule has 1 aliphatic heterocycles. The summed E-state index contributed by atoms with van der Waals surface area (Å²) >= 11 is 0. The molecule has 0 bridgehead atoms. The summed E-state index contributed by atoms with van der Waals surface area (Å²) < 4.78 is 6.96. The number of nitrogens with zero attached hydrogens (tertiary/aromatic N) is 2. The van der Waals surface area contributed by atoms with Crippen LogP contribution in [0, 0.1) is 20.2 Å². The fourth-order valence-electron chi connectivity index (χ4n) is 5.07. The Morgan fingerprint density at radius 3 is 1.66 bits per heavy atom. The molecule has 0 aliphatic carbocycles. The van der Waals surface area contributed by atoms with Crippen LogP contribution in [0.15, 0.2) is 121 Å². The van der Waals surface area contributed by atoms with Gasteiger partial charge in [-0.1, -0.05) is 91.0 Å². The van der Waals surface area contributed by atoms with Crippen LogP contribution < -0.4 is 5.32 Å². The van der Waals surface area contributed by atoms with Gasteiger partial charge in [0, 0.05) is 37.1 Å². The van der Waals surface area contributed by atoms with Crippen LogP contribution in [0.5, 0.6) is 5.75 Å². The molecule has 1 atom stereocenters. The van der Waals surface area contributed by atoms with Crippen LogP contribution in [0.3, 0.4) is 0 Å². The highest BCUT2D eigenvalue weighted by Crippen LogP contribution is 2.42. The highest BCUT2D eigenvalue weighted by molar-refractivity contribution is 6.69. The van der Waals surface area contributed by atoms with Crippen LogP contribution in [-0.2, 0) is 19.6 Å². The van der Waals surface area contributed by atoms with Gasteiger partial charge in [-0.05, 0) is 67.9 Å². The van der Waals surface area contributed by atoms with Crippen molar-refractivity contribution in [2.75, 3.05) is 6.54 Å². The standard InChI is InChI=1S/C20H27NOSi.C8H7NO2.C6H5NO3.C4H6O2/c1-23(2,3)22-20(19-15-10-16-21-19,17-11-6-4-7-12-17)18-13-8-5-9-14-18;10-9(11)7-6-8-4-2-1-3-5-8;8-6-3-1-5(2-4-6)7(9)10;5-3-1-2-4-6/h4-9,11-14,19,21H,10,15-16H2,1-3H3;1-7H;1-4,8H;3-4H,1-2H2/b;7-6+;;/t19-;;;/m0.../s1. The van der Waals surface area contributed by atoms with Gasteiger partial charge < -0.3 is 24.4 Å². The third kappa shape index (κ3) is 14.4. The number of hydrogen-bond acceptors (Lipinski definition) is 9. The Bertz CT molecular complexity index is 1560. The topological polar surface area (TPSA) is 162 Å². The van der Waals surface area contributed by atoms with E-state index in [1.165, 1.54) is 47.9 Å². The number of phenols is 1. The predicted molar refractivity (Wildman–Crippen MR) is 198 cm³/mol. The van der Waals surface area contributed by atoms with E-state index in [0.29, 0.717) is 18.9 Å². The molecule has 11 nitrogen and oxygen atoms in total. The second-order valence-corrected chi connectivity index (χ2v) is 16.5. The smallest absolute Gasteiger partial charge is 0.269 e. The third-order valence-electron chi connectivity index (χ3n) is 7.07. The summed E-state index contributed by atoms with van der Waals surface area (Å²) in [7, 11) is -1.77. The summed E-state index contributed by atoms with van der Waals surface area (Å²) in [6.45, 7) is 7.91. The maximum atomic E-state index is 10.0. The minimum absolute atomic E-state index is 0.0159. The third-order valence-corrected chi connectivity index (χ3v) is 8.01. The molecule has 0 unspecified atom stereocenters. The molecule has 0 aromatic heterocycles. The quantitative estimate of drug-likeness (QED) is 0.0520. The SMILES string of the molecule is C[Si](C)(C)OC(c1ccccc1)(c1ccccc1)[C@@H]1CCCN1.O=CCCC=O.O=[N+]([O-])/C=C/c1ccccc1.O=[N+]([O-])c1ccc(O)cc1. The van der Waals surface area contributed by atoms with E-state index < -0.39 is 23.8 Å². The molecule has 5 rings (SSSR count). The fourth-order valence-corrected chi connectivity index (χ4v) is 6.41. The molecule has 50 heavy (non-hydrogen) atoms. The Hall–Kier alpha value is -5.30. The molecule has 12 heteroatoms. The average molecular weight is 700 g/mol. The first-order valence-electron chi connectivity index (χ1n) is 16.1. The lowest BCUT2D eigenvalue weighted by molar-refractivity contribution is -0.400. The number of phenolic OH excluding ortho intramolecular Hbond substituents is 1. The number of carbonyl (C=O) groups excluding carboxylic acids is 2. The first-order valence-corrected chi connectivity index (χ1v) is 19.6. The van der Waals surface area contributed by atoms with Crippen molar-refractivity contribution in [1.29, 1.82) is 0 Å². The Balaban J connectivity index is 0.000000267. The Kier molecular flexibility index (Phi) is 17.7. The van der Waals surface area contributed by atoms with Gasteiger partial charge in [-0.25, -0.2) is 0 Å². The summed E-state index contributed by atoms with van der Waals surface area (Å²) in [6.07, 6.45) is 6.93. The highest BCUT2D eigenvalue weighted by Gasteiger charge is 2.46. The lowest BCUT2D eigenvalue weighted by Crippen LogP contribution is -2.53. The zero-order valence-electron chi connectivity index (χ0n) is 28.6. The Labute approximate surface area is 294 Å². The van der Waals surface area contributed by atoms with E-state index in [1.807, 2.05) is 18.2 Å². The van der Waals surface area contributed by atoms with E-state index in [0.717, 1.165) is 37.3 Å². The molecular formula is C38H45N3O8Si. The van der Waals surface area contributed by atoms with E-state index in [4.69, 9.17) is 9.53 Å². The van der Waals surface area contributed by atoms with Gasteiger partial charge in [0.15, 0.2) is 8.32 Å². The van der Waals surface area contributed by atoms with Crippen molar-refractivity contribution in [2.45, 2.75) is 57.0 Å². The molecule has 4 aromatic rings. The van der Waals surface area contributed by atoms with Gasteiger partial charge in [-0.3, -0.25) is 20.2 Å². The normalized spacial score (nSPS) is 13.7. The molecule has 0 radical (unpaired) electrons. The van der Waals surface area contributed by atoms with Crippen molar-refractivity contribution in [3.63, 3.8) is 0 Å². The number of unbranched alkanes of at least 4 members (excludes halogenated alkanes) is 1. The lowest BCUT2D eigenvalue weighted by Gasteiger charge is -2.44. The Morgan fingerprint density at radius 1 is 0.800 bits per heavy atom. The maximum Gasteiger partial charge on any atom is 0.269 e. The number of nitrogens with one attached hydrogen (secondary N) is 1. The molecule has 0 saturated carbocycles. The van der Waals surface area contributed by atoms with Crippen LogP contribution in [0.1, 0.15) is 42.4 Å². The van der Waals surface area contributed by atoms with Crippen LogP contribution in [0.25, 0.3) is 6.08 Å². The van der Waals surface area contributed by atoms with Crippen molar-refractivity contribution in [3.05, 3.63) is 158 Å². The molecule has 0 spiro atoms. The van der Waals surface area contributed by atoms with E-state index in [-0.39, 0.29) is 11.4 Å². The van der Waals surface area contributed by atoms with Crippen molar-refractivity contribution >= 4 is 32.7 Å². The first-order chi connectivity index (χ1) is 23.9. The highest BCUT2D eigenvalue weighted by atomic mass is 28.4. The molecular weight excluding hydrogens is 655 g/mol. The molecule has 1 saturated heterocycles. The van der Waals surface area contributed by atoms with E-state index in [1.54, 1.807) is 12.1 Å². The first kappa shape index (κ1) is 40.9. The number of aldehydes is 2. The van der Waals surface area contributed by atoms with E-state index in [9.17, 15) is 29.8 Å². The number of hydrogen-bond donors (Lipinski definition) is 2. The molecule has 1 heterocycles. The monoisotopic (exact) mass is 699 g/mol. The lowest BCUT2D eigenvalue weighted by atomic mass is 9.79. The van der Waals surface area contributed by atoms with Gasteiger partial charge in [0.2, 0.25) is 6.20 Å². The van der Waals surface area contributed by atoms with Gasteiger partial charge >= 0.3 is 0 Å². The zero-order chi connectivity index (χ0) is 36.8. The number of nitro benzene ring substituents is 1. The van der Waals surface area contributed by atoms with Gasteiger partial charge in [0.25, 0.3) is 5.69 Å². The number of non-ortho nitro benzene ring substituents is 1. The van der Waals surface area contributed by atoms with Crippen molar-refractivity contribution in [1.82, 2.24) is 5.32 Å². The minimum atomic E-state index is -1.77. The van der Waals surface area contributed by atoms with E-state index >= 15 is 0 Å². The van der Waals surface area contributed by atoms with Crippen LogP contribution >= 0.6 is 0 Å². The second-order valence-electron chi connectivity index (χ2n) is 12.0. The summed E-state index contributed by atoms with van der Waals surface area (Å²) in [5, 5.41) is 32.4. The molecule has 264 valence electrons. The number of nitro groups is 2. The largest absolute Gasteiger partial charge is 0.508 e. The maximum absolute atomic E-state index is 10.0. The molecule has 2 N–H and O–H groups in total. The van der Waals surface area contributed by atoms with Gasteiger partial charge in [0.1, 0.15) is 23.9 Å². The molecule has 4 aromatic carbocycles. The van der Waals surface area contributed by atoms with Crippen LogP contribution in [0.2, 0.25) is 19.6 Å². The minimum Gasteiger partial charge on any atom is -0.508 e. The molecule has 1 aliphatic rings. The number of aromatic hydroxyl groups is 1. The average Bonchev–Trinajstić information content (AvgIpc) is 3.66. The fraction of sp³-hybridized carbons (Fsp3) is 0.263. The van der Waals surface area contributed by atoms with E-state index in [2.05, 4.69) is 85.6 Å². The van der Waals surface area contributed by atoms with Crippen molar-refractivity contribution in [3.8, 4) is 5.75 Å². The predicted octanol–water partition coefficient (Wildman–Crippen LogP) is 7.93. The zero-order valence-corrected chi connectivity index (χ0v) is 29.6. The number of benzene rings is 4. The summed E-state index contributed by atoms with van der Waals surface area (Å²) in [4.78, 5) is 37.7. The number of rotatable bonds is 11. The Morgan fingerprint density at radius 2 is 1.28 bits per heavy atom. The van der Waals surface area contributed by atoms with Crippen molar-refractivity contribution in [2.24, 2.45) is 0 Å². The van der Waals surface area contributed by atoms with Gasteiger partial charge in [0.05, 0.1) is 9.85 Å². The molecule has 0 amide bonds. The second kappa shape index (κ2) is 21.6. The van der Waals surface area contributed by atoms with Crippen molar-refractivity contribution < 1.29 is 29.0 Å². The van der Waals surface area contributed by atoms with Crippen LogP contribution in [-0.4, -0.2) is 48.4 Å². The summed E-state index contributed by atoms with van der Waals surface area (Å²) in [5.41, 5.74) is 2.94. The van der Waals surface area contributed by atoms with Gasteiger partial charge in [-0.15, -0.1) is 0 Å². The molecule has 1 fully saturated rings. The summed E-state index contributed by atoms with van der Waals surface area (Å²) in [5.74, 6) is 0.0330. The number of carbonyl (C=O) groups is 2. The van der Waals surface area contributed by atoms with Gasteiger partial charge in [-0.2, -0.15) is 0 Å². The van der Waals surface area contributed by atoms with Crippen LogP contribution in [0.4, 0.5) is 5.69 Å². The summed E-state index contributed by atoms with van der Waals surface area (Å²) in [6, 6.07) is 36.0.